The molecule has 0 radical (unpaired) electrons. The summed E-state index contributed by atoms with van der Waals surface area (Å²) in [6, 6.07) is 12.8. The van der Waals surface area contributed by atoms with Crippen molar-refractivity contribution in [2.45, 2.75) is 13.0 Å². The van der Waals surface area contributed by atoms with Crippen molar-refractivity contribution in [3.8, 4) is 0 Å². The van der Waals surface area contributed by atoms with Gasteiger partial charge in [-0.15, -0.1) is 0 Å². The molecule has 20 heavy (non-hydrogen) atoms. The van der Waals surface area contributed by atoms with E-state index in [1.54, 1.807) is 6.07 Å². The Kier molecular flexibility index (Phi) is 3.47. The van der Waals surface area contributed by atoms with Crippen LogP contribution in [-0.2, 0) is 0 Å². The van der Waals surface area contributed by atoms with Crippen molar-refractivity contribution >= 4 is 34.2 Å². The number of fused-ring (bicyclic) bond motifs is 1. The van der Waals surface area contributed by atoms with Gasteiger partial charge in [0, 0.05) is 15.4 Å². The van der Waals surface area contributed by atoms with E-state index < -0.39 is 6.04 Å². The van der Waals surface area contributed by atoms with Gasteiger partial charge in [-0.3, -0.25) is 0 Å². The Hall–Kier alpha value is -1.48. The summed E-state index contributed by atoms with van der Waals surface area (Å²) in [5.41, 5.74) is 8.90. The average Bonchev–Trinajstić information content (AvgIpc) is 2.84. The molecule has 1 atom stereocenters. The summed E-state index contributed by atoms with van der Waals surface area (Å²) in [5.74, 6) is 0.676. The summed E-state index contributed by atoms with van der Waals surface area (Å²) in [5, 5.41) is 2.29. The maximum atomic E-state index is 6.32. The molecule has 0 bridgehead atoms. The molecule has 4 heteroatoms. The third kappa shape index (κ3) is 2.31. The van der Waals surface area contributed by atoms with Gasteiger partial charge in [0.05, 0.1) is 6.04 Å². The average molecular weight is 306 g/mol. The molecule has 0 fully saturated rings. The zero-order valence-electron chi connectivity index (χ0n) is 10.9. The van der Waals surface area contributed by atoms with Gasteiger partial charge in [0.15, 0.2) is 0 Å². The second-order valence-corrected chi connectivity index (χ2v) is 5.60. The summed E-state index contributed by atoms with van der Waals surface area (Å²) in [6.07, 6.45) is 0. The number of rotatable bonds is 2. The second kappa shape index (κ2) is 5.13. The number of nitrogens with two attached hydrogens (primary N) is 1. The van der Waals surface area contributed by atoms with Crippen LogP contribution >= 0.6 is 23.2 Å². The summed E-state index contributed by atoms with van der Waals surface area (Å²) in [7, 11) is 0. The molecule has 0 aliphatic carbocycles. The molecule has 3 rings (SSSR count). The van der Waals surface area contributed by atoms with Gasteiger partial charge in [-0.1, -0.05) is 41.4 Å². The molecule has 102 valence electrons. The first kappa shape index (κ1) is 13.5. The predicted octanol–water partition coefficient (Wildman–Crippen LogP) is 5.10. The standard InChI is InChI=1S/C16H13Cl2NO/c1-9-3-2-4-12(15(9)18)16(19)14-8-10-7-11(17)5-6-13(10)20-14/h2-8,16H,19H2,1H3. The van der Waals surface area contributed by atoms with E-state index in [0.717, 1.165) is 22.1 Å². The van der Waals surface area contributed by atoms with Crippen LogP contribution in [0.15, 0.2) is 46.9 Å². The summed E-state index contributed by atoms with van der Waals surface area (Å²) in [4.78, 5) is 0. The van der Waals surface area contributed by atoms with Crippen LogP contribution < -0.4 is 5.73 Å². The largest absolute Gasteiger partial charge is 0.459 e. The van der Waals surface area contributed by atoms with Gasteiger partial charge in [0.25, 0.3) is 0 Å². The Morgan fingerprint density at radius 1 is 1.10 bits per heavy atom. The quantitative estimate of drug-likeness (QED) is 0.715. The van der Waals surface area contributed by atoms with Crippen LogP contribution in [0.3, 0.4) is 0 Å². The first-order chi connectivity index (χ1) is 9.56. The first-order valence-corrected chi connectivity index (χ1v) is 7.01. The summed E-state index contributed by atoms with van der Waals surface area (Å²) < 4.78 is 5.79. The van der Waals surface area contributed by atoms with Crippen LogP contribution in [0.4, 0.5) is 0 Å². The van der Waals surface area contributed by atoms with Gasteiger partial charge in [-0.05, 0) is 42.3 Å². The zero-order chi connectivity index (χ0) is 14.3. The second-order valence-electron chi connectivity index (χ2n) is 4.79. The number of furan rings is 1. The van der Waals surface area contributed by atoms with Crippen LogP contribution in [0.5, 0.6) is 0 Å². The number of aryl methyl sites for hydroxylation is 1. The summed E-state index contributed by atoms with van der Waals surface area (Å²) in [6.45, 7) is 1.96. The van der Waals surface area contributed by atoms with E-state index in [1.807, 2.05) is 43.3 Å². The minimum Gasteiger partial charge on any atom is -0.459 e. The van der Waals surface area contributed by atoms with Gasteiger partial charge in [-0.25, -0.2) is 0 Å². The highest BCUT2D eigenvalue weighted by molar-refractivity contribution is 6.32. The lowest BCUT2D eigenvalue weighted by Crippen LogP contribution is -2.11. The van der Waals surface area contributed by atoms with Crippen molar-refractivity contribution in [1.82, 2.24) is 0 Å². The van der Waals surface area contributed by atoms with Crippen LogP contribution in [0.2, 0.25) is 10.0 Å². The number of halogens is 2. The van der Waals surface area contributed by atoms with E-state index in [4.69, 9.17) is 33.4 Å². The normalized spacial score (nSPS) is 12.8. The lowest BCUT2D eigenvalue weighted by Gasteiger charge is -2.12. The Morgan fingerprint density at radius 3 is 2.70 bits per heavy atom. The predicted molar refractivity (Wildman–Crippen MR) is 83.4 cm³/mol. The topological polar surface area (TPSA) is 39.2 Å². The minimum absolute atomic E-state index is 0.395. The summed E-state index contributed by atoms with van der Waals surface area (Å²) >= 11 is 12.3. The molecule has 1 heterocycles. The Labute approximate surface area is 127 Å². The van der Waals surface area contributed by atoms with Crippen LogP contribution in [-0.4, -0.2) is 0 Å². The number of benzene rings is 2. The Bertz CT molecular complexity index is 779. The lowest BCUT2D eigenvalue weighted by atomic mass is 10.0. The van der Waals surface area contributed by atoms with Crippen molar-refractivity contribution in [3.63, 3.8) is 0 Å². The molecule has 0 spiro atoms. The molecule has 0 aliphatic heterocycles. The molecule has 0 amide bonds. The van der Waals surface area contributed by atoms with Gasteiger partial charge in [0.2, 0.25) is 0 Å². The van der Waals surface area contributed by atoms with Crippen molar-refractivity contribution in [2.75, 3.05) is 0 Å². The minimum atomic E-state index is -0.395. The molecule has 0 saturated carbocycles. The maximum Gasteiger partial charge on any atom is 0.134 e. The van der Waals surface area contributed by atoms with Gasteiger partial charge < -0.3 is 10.2 Å². The molecule has 0 aliphatic rings. The van der Waals surface area contributed by atoms with E-state index in [2.05, 4.69) is 0 Å². The SMILES string of the molecule is Cc1cccc(C(N)c2cc3cc(Cl)ccc3o2)c1Cl. The van der Waals surface area contributed by atoms with Gasteiger partial charge >= 0.3 is 0 Å². The molecular weight excluding hydrogens is 293 g/mol. The third-order valence-electron chi connectivity index (χ3n) is 3.36. The Morgan fingerprint density at radius 2 is 1.90 bits per heavy atom. The first-order valence-electron chi connectivity index (χ1n) is 6.26. The van der Waals surface area contributed by atoms with E-state index in [-0.39, 0.29) is 0 Å². The molecule has 2 N–H and O–H groups in total. The molecule has 3 aromatic rings. The monoisotopic (exact) mass is 305 g/mol. The fourth-order valence-electron chi connectivity index (χ4n) is 2.25. The van der Waals surface area contributed by atoms with Crippen molar-refractivity contribution in [2.24, 2.45) is 5.73 Å². The van der Waals surface area contributed by atoms with Crippen molar-refractivity contribution in [1.29, 1.82) is 0 Å². The molecule has 2 nitrogen and oxygen atoms in total. The highest BCUT2D eigenvalue weighted by Gasteiger charge is 2.17. The smallest absolute Gasteiger partial charge is 0.134 e. The highest BCUT2D eigenvalue weighted by Crippen LogP contribution is 2.32. The van der Waals surface area contributed by atoms with Crippen LogP contribution in [0.25, 0.3) is 11.0 Å². The van der Waals surface area contributed by atoms with E-state index in [9.17, 15) is 0 Å². The van der Waals surface area contributed by atoms with Crippen LogP contribution in [0, 0.1) is 6.92 Å². The van der Waals surface area contributed by atoms with Gasteiger partial charge in [0.1, 0.15) is 11.3 Å². The van der Waals surface area contributed by atoms with E-state index in [0.29, 0.717) is 15.8 Å². The number of hydrogen-bond acceptors (Lipinski definition) is 2. The molecular formula is C16H13Cl2NO. The Balaban J connectivity index is 2.08. The maximum absolute atomic E-state index is 6.32. The fourth-order valence-corrected chi connectivity index (χ4v) is 2.68. The fraction of sp³-hybridized carbons (Fsp3) is 0.125. The van der Waals surface area contributed by atoms with Crippen molar-refractivity contribution in [3.05, 3.63) is 69.4 Å². The van der Waals surface area contributed by atoms with Crippen LogP contribution in [0.1, 0.15) is 22.9 Å². The van der Waals surface area contributed by atoms with E-state index >= 15 is 0 Å². The number of hydrogen-bond donors (Lipinski definition) is 1. The van der Waals surface area contributed by atoms with Gasteiger partial charge in [-0.2, -0.15) is 0 Å². The molecule has 1 aromatic heterocycles. The third-order valence-corrected chi connectivity index (χ3v) is 4.11. The molecule has 2 aromatic carbocycles. The molecule has 1 unspecified atom stereocenters. The van der Waals surface area contributed by atoms with Crippen molar-refractivity contribution < 1.29 is 4.42 Å². The van der Waals surface area contributed by atoms with E-state index in [1.165, 1.54) is 0 Å². The lowest BCUT2D eigenvalue weighted by molar-refractivity contribution is 0.525. The highest BCUT2D eigenvalue weighted by atomic mass is 35.5. The molecule has 0 saturated heterocycles. The zero-order valence-corrected chi connectivity index (χ0v) is 12.4.